The van der Waals surface area contributed by atoms with Crippen molar-refractivity contribution >= 4 is 70.1 Å². The maximum absolute atomic E-state index is 2.42. The zero-order chi connectivity index (χ0) is 26.5. The molecule has 0 atom stereocenters. The van der Waals surface area contributed by atoms with Crippen LogP contribution >= 0.6 is 11.3 Å². The van der Waals surface area contributed by atoms with Gasteiger partial charge in [0.15, 0.2) is 0 Å². The zero-order valence-corrected chi connectivity index (χ0v) is 22.6. The fourth-order valence-electron chi connectivity index (χ4n) is 5.99. The van der Waals surface area contributed by atoms with Gasteiger partial charge in [0.2, 0.25) is 0 Å². The van der Waals surface area contributed by atoms with Crippen molar-refractivity contribution in [1.29, 1.82) is 0 Å². The van der Waals surface area contributed by atoms with Gasteiger partial charge < -0.3 is 4.90 Å². The van der Waals surface area contributed by atoms with Crippen LogP contribution in [0, 0.1) is 0 Å². The van der Waals surface area contributed by atoms with Gasteiger partial charge >= 0.3 is 0 Å². The van der Waals surface area contributed by atoms with Gasteiger partial charge in [-0.25, -0.2) is 0 Å². The summed E-state index contributed by atoms with van der Waals surface area (Å²) >= 11 is 1.88. The molecule has 0 bridgehead atoms. The normalized spacial score (nSPS) is 11.5. The highest BCUT2D eigenvalue weighted by molar-refractivity contribution is 7.26. The molecule has 188 valence electrons. The minimum Gasteiger partial charge on any atom is -0.310 e. The number of benzene rings is 7. The third-order valence-electron chi connectivity index (χ3n) is 7.83. The smallest absolute Gasteiger partial charge is 0.0555 e. The number of hydrogen-bond donors (Lipinski definition) is 0. The Morgan fingerprint density at radius 2 is 1.12 bits per heavy atom. The van der Waals surface area contributed by atoms with Crippen LogP contribution in [-0.4, -0.2) is 0 Å². The molecule has 0 saturated carbocycles. The summed E-state index contributed by atoms with van der Waals surface area (Å²) in [5, 5.41) is 7.67. The number of thiophene rings is 1. The van der Waals surface area contributed by atoms with Crippen LogP contribution in [0.4, 0.5) is 17.1 Å². The average molecular weight is 528 g/mol. The highest BCUT2D eigenvalue weighted by Gasteiger charge is 2.21. The van der Waals surface area contributed by atoms with Crippen molar-refractivity contribution < 1.29 is 0 Å². The third-order valence-corrected chi connectivity index (χ3v) is 9.04. The molecule has 0 radical (unpaired) electrons. The molecule has 8 aromatic rings. The first-order valence-corrected chi connectivity index (χ1v) is 14.4. The SMILES string of the molecule is c1ccc(-c2ccc(N(c3ccccc3)c3ccc4c(ccc5ccccc54)c3)c3c2sc2ccccc23)cc1. The maximum Gasteiger partial charge on any atom is 0.0555 e. The predicted molar refractivity (Wildman–Crippen MR) is 174 cm³/mol. The lowest BCUT2D eigenvalue weighted by Gasteiger charge is -2.27. The van der Waals surface area contributed by atoms with Gasteiger partial charge in [-0.05, 0) is 69.1 Å². The Bertz CT molecular complexity index is 2160. The molecular weight excluding hydrogens is 502 g/mol. The average Bonchev–Trinajstić information content (AvgIpc) is 3.42. The molecule has 40 heavy (non-hydrogen) atoms. The van der Waals surface area contributed by atoms with Crippen molar-refractivity contribution in [2.45, 2.75) is 0 Å². The molecule has 2 heteroatoms. The summed E-state index contributed by atoms with van der Waals surface area (Å²) in [4.78, 5) is 2.42. The van der Waals surface area contributed by atoms with Crippen LogP contribution in [0.2, 0.25) is 0 Å². The molecule has 0 aliphatic carbocycles. The summed E-state index contributed by atoms with van der Waals surface area (Å²) in [6.07, 6.45) is 0. The maximum atomic E-state index is 2.42. The third kappa shape index (κ3) is 3.69. The van der Waals surface area contributed by atoms with Crippen molar-refractivity contribution in [2.24, 2.45) is 0 Å². The number of hydrogen-bond acceptors (Lipinski definition) is 2. The minimum absolute atomic E-state index is 1.15. The van der Waals surface area contributed by atoms with Crippen molar-refractivity contribution in [3.8, 4) is 11.1 Å². The first kappa shape index (κ1) is 23.0. The Morgan fingerprint density at radius 3 is 1.98 bits per heavy atom. The fraction of sp³-hybridized carbons (Fsp3) is 0. The Kier molecular flexibility index (Phi) is 5.39. The van der Waals surface area contributed by atoms with E-state index in [1.165, 1.54) is 58.5 Å². The molecule has 0 spiro atoms. The number of para-hydroxylation sites is 1. The molecule has 0 unspecified atom stereocenters. The van der Waals surface area contributed by atoms with E-state index >= 15 is 0 Å². The van der Waals surface area contributed by atoms with E-state index in [9.17, 15) is 0 Å². The van der Waals surface area contributed by atoms with Crippen LogP contribution < -0.4 is 4.90 Å². The van der Waals surface area contributed by atoms with Gasteiger partial charge in [-0.1, -0.05) is 115 Å². The quantitative estimate of drug-likeness (QED) is 0.206. The van der Waals surface area contributed by atoms with Crippen LogP contribution in [0.1, 0.15) is 0 Å². The molecule has 0 N–H and O–H groups in total. The van der Waals surface area contributed by atoms with E-state index < -0.39 is 0 Å². The van der Waals surface area contributed by atoms with E-state index in [1.807, 2.05) is 11.3 Å². The molecular formula is C38H25NS. The van der Waals surface area contributed by atoms with Crippen LogP contribution in [0.3, 0.4) is 0 Å². The lowest BCUT2D eigenvalue weighted by Crippen LogP contribution is -2.10. The van der Waals surface area contributed by atoms with Crippen LogP contribution in [0.25, 0.3) is 52.8 Å². The molecule has 8 rings (SSSR count). The molecule has 0 aliphatic heterocycles. The van der Waals surface area contributed by atoms with E-state index in [0.717, 1.165) is 11.4 Å². The van der Waals surface area contributed by atoms with Crippen molar-refractivity contribution in [3.05, 3.63) is 152 Å². The monoisotopic (exact) mass is 527 g/mol. The summed E-state index contributed by atoms with van der Waals surface area (Å²) in [5.41, 5.74) is 6.01. The molecule has 0 fully saturated rings. The molecule has 0 aliphatic rings. The van der Waals surface area contributed by atoms with Crippen molar-refractivity contribution in [1.82, 2.24) is 0 Å². The second-order valence-corrected chi connectivity index (χ2v) is 11.2. The summed E-state index contributed by atoms with van der Waals surface area (Å²) in [6.45, 7) is 0. The first-order chi connectivity index (χ1) is 19.8. The molecule has 1 heterocycles. The van der Waals surface area contributed by atoms with Crippen LogP contribution in [-0.2, 0) is 0 Å². The zero-order valence-electron chi connectivity index (χ0n) is 21.8. The highest BCUT2D eigenvalue weighted by Crippen LogP contribution is 2.48. The lowest BCUT2D eigenvalue weighted by molar-refractivity contribution is 1.31. The predicted octanol–water partition coefficient (Wildman–Crippen LogP) is 11.5. The van der Waals surface area contributed by atoms with Crippen molar-refractivity contribution in [2.75, 3.05) is 4.90 Å². The molecule has 1 aromatic heterocycles. The number of nitrogens with zero attached hydrogens (tertiary/aromatic N) is 1. The van der Waals surface area contributed by atoms with Gasteiger partial charge in [0.1, 0.15) is 0 Å². The highest BCUT2D eigenvalue weighted by atomic mass is 32.1. The Hall–Kier alpha value is -4.92. The minimum atomic E-state index is 1.15. The van der Waals surface area contributed by atoms with E-state index in [2.05, 4.69) is 157 Å². The van der Waals surface area contributed by atoms with E-state index in [-0.39, 0.29) is 0 Å². The van der Waals surface area contributed by atoms with Gasteiger partial charge in [-0.15, -0.1) is 11.3 Å². The van der Waals surface area contributed by atoms with Gasteiger partial charge in [-0.2, -0.15) is 0 Å². The molecule has 0 saturated heterocycles. The Morgan fingerprint density at radius 1 is 0.450 bits per heavy atom. The van der Waals surface area contributed by atoms with Gasteiger partial charge in [-0.3, -0.25) is 0 Å². The molecule has 7 aromatic carbocycles. The van der Waals surface area contributed by atoms with E-state index in [1.54, 1.807) is 0 Å². The summed E-state index contributed by atoms with van der Waals surface area (Å²) < 4.78 is 2.62. The number of anilines is 3. The topological polar surface area (TPSA) is 3.24 Å². The van der Waals surface area contributed by atoms with Gasteiger partial charge in [0, 0.05) is 31.5 Å². The van der Waals surface area contributed by atoms with E-state index in [4.69, 9.17) is 0 Å². The van der Waals surface area contributed by atoms with Gasteiger partial charge in [0.05, 0.1) is 5.69 Å². The van der Waals surface area contributed by atoms with Gasteiger partial charge in [0.25, 0.3) is 0 Å². The summed E-state index contributed by atoms with van der Waals surface area (Å²) in [6, 6.07) is 54.9. The summed E-state index contributed by atoms with van der Waals surface area (Å²) in [7, 11) is 0. The first-order valence-electron chi connectivity index (χ1n) is 13.6. The van der Waals surface area contributed by atoms with Crippen molar-refractivity contribution in [3.63, 3.8) is 0 Å². The summed E-state index contributed by atoms with van der Waals surface area (Å²) in [5.74, 6) is 0. The number of rotatable bonds is 4. The standard InChI is InChI=1S/C38H25NS/c1-3-11-26(12-4-1)33-23-24-35(37-34-17-9-10-18-36(34)40-38(33)37)39(29-14-5-2-6-15-29)30-21-22-32-28(25-30)20-19-27-13-7-8-16-31(27)32/h1-25H. The molecule has 0 amide bonds. The lowest BCUT2D eigenvalue weighted by atomic mass is 9.99. The Labute approximate surface area is 237 Å². The second-order valence-electron chi connectivity index (χ2n) is 10.2. The Balaban J connectivity index is 1.43. The fourth-order valence-corrected chi connectivity index (χ4v) is 7.24. The second kappa shape index (κ2) is 9.37. The van der Waals surface area contributed by atoms with Crippen LogP contribution in [0.15, 0.2) is 152 Å². The molecule has 1 nitrogen and oxygen atoms in total. The van der Waals surface area contributed by atoms with E-state index in [0.29, 0.717) is 0 Å². The van der Waals surface area contributed by atoms with Crippen LogP contribution in [0.5, 0.6) is 0 Å². The number of fused-ring (bicyclic) bond motifs is 6. The largest absolute Gasteiger partial charge is 0.310 e.